The number of rotatable bonds is 4. The quantitative estimate of drug-likeness (QED) is 0.719. The van der Waals surface area contributed by atoms with Crippen LogP contribution in [0.3, 0.4) is 0 Å². The van der Waals surface area contributed by atoms with Gasteiger partial charge in [0.15, 0.2) is 0 Å². The Bertz CT molecular complexity index is 323. The summed E-state index contributed by atoms with van der Waals surface area (Å²) in [6, 6.07) is 3.60. The second-order valence-corrected chi connectivity index (χ2v) is 5.21. The fraction of sp³-hybridized carbons (Fsp3) is 0.500. The van der Waals surface area contributed by atoms with E-state index in [1.54, 1.807) is 0 Å². The van der Waals surface area contributed by atoms with E-state index in [2.05, 4.69) is 29.8 Å². The molecule has 0 saturated carbocycles. The van der Waals surface area contributed by atoms with Crippen molar-refractivity contribution in [2.75, 3.05) is 0 Å². The van der Waals surface area contributed by atoms with Crippen LogP contribution < -0.4 is 0 Å². The second-order valence-electron chi connectivity index (χ2n) is 4.03. The van der Waals surface area contributed by atoms with Gasteiger partial charge in [0.25, 0.3) is 0 Å². The summed E-state index contributed by atoms with van der Waals surface area (Å²) in [4.78, 5) is 0.347. The van der Waals surface area contributed by atoms with Gasteiger partial charge < -0.3 is 0 Å². The van der Waals surface area contributed by atoms with Gasteiger partial charge in [-0.3, -0.25) is 0 Å². The van der Waals surface area contributed by atoms with Crippen LogP contribution in [0.25, 0.3) is 0 Å². The normalized spacial score (nSPS) is 13.2. The Balaban J connectivity index is 2.61. The summed E-state index contributed by atoms with van der Waals surface area (Å²) in [6.45, 7) is 4.20. The smallest absolute Gasteiger partial charge is 0.126 e. The molecule has 0 spiro atoms. The Hall–Kier alpha value is -0.440. The maximum atomic E-state index is 13.2. The summed E-state index contributed by atoms with van der Waals surface area (Å²) in [6.07, 6.45) is 1.38. The number of aryl methyl sites for hydroxylation is 1. The van der Waals surface area contributed by atoms with E-state index in [1.165, 1.54) is 12.1 Å². The minimum atomic E-state index is -0.373. The van der Waals surface area contributed by atoms with Crippen LogP contribution in [0.4, 0.5) is 8.78 Å². The van der Waals surface area contributed by atoms with E-state index in [-0.39, 0.29) is 11.6 Å². The summed E-state index contributed by atoms with van der Waals surface area (Å²) in [7, 11) is 0. The molecule has 3 heteroatoms. The van der Waals surface area contributed by atoms with E-state index in [4.69, 9.17) is 0 Å². The van der Waals surface area contributed by atoms with Crippen molar-refractivity contribution < 1.29 is 8.78 Å². The summed E-state index contributed by atoms with van der Waals surface area (Å²) >= 11 is 3.53. The predicted octanol–water partition coefficient (Wildman–Crippen LogP) is 4.32. The minimum absolute atomic E-state index is 0.320. The highest BCUT2D eigenvalue weighted by Crippen LogP contribution is 2.20. The standard InChI is InChI=1S/C12H15BrF2/c1-8(2)11(13)5-3-9-7-10(14)4-6-12(9)15/h4,6-8,11H,3,5H2,1-2H3. The van der Waals surface area contributed by atoms with Crippen LogP contribution in [0, 0.1) is 17.6 Å². The van der Waals surface area contributed by atoms with E-state index < -0.39 is 0 Å². The molecule has 0 heterocycles. The maximum Gasteiger partial charge on any atom is 0.126 e. The number of hydrogen-bond acceptors (Lipinski definition) is 0. The maximum absolute atomic E-state index is 13.2. The molecular formula is C12H15BrF2. The molecule has 0 radical (unpaired) electrons. The van der Waals surface area contributed by atoms with Crippen LogP contribution in [0.1, 0.15) is 25.8 Å². The molecule has 1 atom stereocenters. The van der Waals surface area contributed by atoms with Gasteiger partial charge in [-0.1, -0.05) is 29.8 Å². The third-order valence-corrected chi connectivity index (χ3v) is 3.94. The van der Waals surface area contributed by atoms with Gasteiger partial charge in [0.05, 0.1) is 0 Å². The van der Waals surface area contributed by atoms with Gasteiger partial charge in [-0.25, -0.2) is 8.78 Å². The first-order chi connectivity index (χ1) is 7.00. The number of hydrogen-bond donors (Lipinski definition) is 0. The lowest BCUT2D eigenvalue weighted by molar-refractivity contribution is 0.554. The van der Waals surface area contributed by atoms with Gasteiger partial charge in [0, 0.05) is 4.83 Å². The lowest BCUT2D eigenvalue weighted by Crippen LogP contribution is -2.08. The molecule has 0 bridgehead atoms. The lowest BCUT2D eigenvalue weighted by atomic mass is 10.0. The van der Waals surface area contributed by atoms with Crippen molar-refractivity contribution >= 4 is 15.9 Å². The first-order valence-electron chi connectivity index (χ1n) is 5.08. The summed E-state index contributed by atoms with van der Waals surface area (Å²) in [5.41, 5.74) is 0.458. The van der Waals surface area contributed by atoms with E-state index in [1.807, 2.05) is 0 Å². The largest absolute Gasteiger partial charge is 0.207 e. The van der Waals surface area contributed by atoms with Crippen molar-refractivity contribution in [1.82, 2.24) is 0 Å². The molecule has 84 valence electrons. The van der Waals surface area contributed by atoms with Gasteiger partial charge in [0.2, 0.25) is 0 Å². The molecule has 1 rings (SSSR count). The molecule has 0 saturated heterocycles. The molecule has 1 unspecified atom stereocenters. The molecule has 1 aromatic rings. The van der Waals surface area contributed by atoms with Crippen molar-refractivity contribution in [3.05, 3.63) is 35.4 Å². The molecule has 0 aromatic heterocycles. The van der Waals surface area contributed by atoms with Crippen LogP contribution in [-0.2, 0) is 6.42 Å². The van der Waals surface area contributed by atoms with E-state index >= 15 is 0 Å². The summed E-state index contributed by atoms with van der Waals surface area (Å²) in [5, 5.41) is 0. The third-order valence-electron chi connectivity index (χ3n) is 2.42. The van der Waals surface area contributed by atoms with Gasteiger partial charge in [-0.05, 0) is 42.5 Å². The van der Waals surface area contributed by atoms with Crippen molar-refractivity contribution in [3.8, 4) is 0 Å². The van der Waals surface area contributed by atoms with Crippen LogP contribution >= 0.6 is 15.9 Å². The highest BCUT2D eigenvalue weighted by atomic mass is 79.9. The predicted molar refractivity (Wildman–Crippen MR) is 62.2 cm³/mol. The Morgan fingerprint density at radius 3 is 2.53 bits per heavy atom. The molecule has 15 heavy (non-hydrogen) atoms. The van der Waals surface area contributed by atoms with E-state index in [0.717, 1.165) is 12.5 Å². The Kier molecular flexibility index (Phi) is 4.71. The molecule has 0 aliphatic carbocycles. The molecule has 0 aliphatic heterocycles. The zero-order chi connectivity index (χ0) is 11.4. The van der Waals surface area contributed by atoms with Crippen LogP contribution in [0.5, 0.6) is 0 Å². The van der Waals surface area contributed by atoms with Crippen LogP contribution in [-0.4, -0.2) is 4.83 Å². The molecule has 0 aliphatic rings. The molecule has 0 N–H and O–H groups in total. The minimum Gasteiger partial charge on any atom is -0.207 e. The van der Waals surface area contributed by atoms with Crippen molar-refractivity contribution in [3.63, 3.8) is 0 Å². The lowest BCUT2D eigenvalue weighted by Gasteiger charge is -2.13. The van der Waals surface area contributed by atoms with Crippen LogP contribution in [0.15, 0.2) is 18.2 Å². The van der Waals surface area contributed by atoms with Gasteiger partial charge in [0.1, 0.15) is 11.6 Å². The number of alkyl halides is 1. The van der Waals surface area contributed by atoms with Gasteiger partial charge in [-0.15, -0.1) is 0 Å². The van der Waals surface area contributed by atoms with Gasteiger partial charge in [-0.2, -0.15) is 0 Å². The summed E-state index contributed by atoms with van der Waals surface area (Å²) in [5.74, 6) is -0.191. The number of halogens is 3. The SMILES string of the molecule is CC(C)C(Br)CCc1cc(F)ccc1F. The van der Waals surface area contributed by atoms with Crippen molar-refractivity contribution in [2.24, 2.45) is 5.92 Å². The molecular weight excluding hydrogens is 262 g/mol. The zero-order valence-corrected chi connectivity index (χ0v) is 10.5. The topological polar surface area (TPSA) is 0 Å². The van der Waals surface area contributed by atoms with Crippen molar-refractivity contribution in [2.45, 2.75) is 31.5 Å². The molecule has 1 aromatic carbocycles. The summed E-state index contributed by atoms with van der Waals surface area (Å²) < 4.78 is 26.1. The van der Waals surface area contributed by atoms with E-state index in [9.17, 15) is 8.78 Å². The zero-order valence-electron chi connectivity index (χ0n) is 8.93. The fourth-order valence-electron chi connectivity index (χ4n) is 1.36. The highest BCUT2D eigenvalue weighted by molar-refractivity contribution is 9.09. The van der Waals surface area contributed by atoms with Crippen molar-refractivity contribution in [1.29, 1.82) is 0 Å². The fourth-order valence-corrected chi connectivity index (χ4v) is 1.59. The third kappa shape index (κ3) is 3.90. The second kappa shape index (κ2) is 5.59. The highest BCUT2D eigenvalue weighted by Gasteiger charge is 2.11. The van der Waals surface area contributed by atoms with Gasteiger partial charge >= 0.3 is 0 Å². The van der Waals surface area contributed by atoms with E-state index in [0.29, 0.717) is 22.7 Å². The number of benzene rings is 1. The van der Waals surface area contributed by atoms with Crippen LogP contribution in [0.2, 0.25) is 0 Å². The Morgan fingerprint density at radius 2 is 1.93 bits per heavy atom. The average molecular weight is 277 g/mol. The molecule has 0 nitrogen and oxygen atoms in total. The monoisotopic (exact) mass is 276 g/mol. The first kappa shape index (κ1) is 12.6. The Labute approximate surface area is 97.8 Å². The first-order valence-corrected chi connectivity index (χ1v) is 6.00. The molecule has 0 amide bonds. The average Bonchev–Trinajstić information content (AvgIpc) is 2.18. The molecule has 0 fully saturated rings. The Morgan fingerprint density at radius 1 is 1.27 bits per heavy atom.